The minimum atomic E-state index is -0.425. The van der Waals surface area contributed by atoms with Crippen LogP contribution in [0.4, 0.5) is 4.79 Å². The third-order valence-electron chi connectivity index (χ3n) is 4.15. The van der Waals surface area contributed by atoms with Gasteiger partial charge in [0, 0.05) is 19.5 Å². The van der Waals surface area contributed by atoms with E-state index in [1.165, 1.54) is 0 Å². The van der Waals surface area contributed by atoms with Crippen molar-refractivity contribution < 1.29 is 14.3 Å². The second-order valence-electron chi connectivity index (χ2n) is 6.63. The molecule has 102 valence electrons. The molecule has 18 heavy (non-hydrogen) atoms. The zero-order valence-corrected chi connectivity index (χ0v) is 11.6. The summed E-state index contributed by atoms with van der Waals surface area (Å²) < 4.78 is 5.37. The maximum Gasteiger partial charge on any atom is 0.410 e. The highest BCUT2D eigenvalue weighted by atomic mass is 16.6. The van der Waals surface area contributed by atoms with Crippen LogP contribution in [0.5, 0.6) is 0 Å². The minimum absolute atomic E-state index is 0.204. The number of aldehydes is 1. The molecule has 0 unspecified atom stereocenters. The normalized spacial score (nSPS) is 25.9. The van der Waals surface area contributed by atoms with Crippen LogP contribution in [0, 0.1) is 11.3 Å². The highest BCUT2D eigenvalue weighted by molar-refractivity contribution is 5.68. The van der Waals surface area contributed by atoms with Gasteiger partial charge in [-0.1, -0.05) is 0 Å². The number of piperidine rings is 1. The number of likely N-dealkylation sites (tertiary alicyclic amines) is 1. The van der Waals surface area contributed by atoms with Crippen LogP contribution in [0.2, 0.25) is 0 Å². The first kappa shape index (κ1) is 13.4. The molecule has 0 aromatic heterocycles. The average molecular weight is 253 g/mol. The molecule has 1 saturated heterocycles. The summed E-state index contributed by atoms with van der Waals surface area (Å²) in [5.74, 6) is 0.566. The summed E-state index contributed by atoms with van der Waals surface area (Å²) in [6, 6.07) is 0. The maximum absolute atomic E-state index is 11.9. The van der Waals surface area contributed by atoms with Crippen LogP contribution in [0.25, 0.3) is 0 Å². The number of amides is 1. The van der Waals surface area contributed by atoms with Gasteiger partial charge >= 0.3 is 6.09 Å². The molecule has 0 radical (unpaired) electrons. The quantitative estimate of drug-likeness (QED) is 0.711. The monoisotopic (exact) mass is 253 g/mol. The Morgan fingerprint density at radius 3 is 2.50 bits per heavy atom. The fourth-order valence-corrected chi connectivity index (χ4v) is 2.95. The molecule has 1 saturated carbocycles. The lowest BCUT2D eigenvalue weighted by Crippen LogP contribution is -2.42. The first-order valence-corrected chi connectivity index (χ1v) is 6.78. The van der Waals surface area contributed by atoms with Crippen LogP contribution in [-0.4, -0.2) is 36.0 Å². The van der Waals surface area contributed by atoms with Gasteiger partial charge in [-0.05, 0) is 51.4 Å². The lowest BCUT2D eigenvalue weighted by atomic mass is 9.90. The van der Waals surface area contributed by atoms with Crippen molar-refractivity contribution in [1.29, 1.82) is 0 Å². The van der Waals surface area contributed by atoms with E-state index in [0.29, 0.717) is 17.8 Å². The van der Waals surface area contributed by atoms with Crippen molar-refractivity contribution >= 4 is 12.4 Å². The van der Waals surface area contributed by atoms with E-state index in [4.69, 9.17) is 4.74 Å². The van der Waals surface area contributed by atoms with Crippen molar-refractivity contribution in [2.75, 3.05) is 13.1 Å². The van der Waals surface area contributed by atoms with Crippen molar-refractivity contribution in [2.45, 2.75) is 52.1 Å². The predicted molar refractivity (Wildman–Crippen MR) is 68.3 cm³/mol. The molecule has 1 aliphatic heterocycles. The molecule has 4 nitrogen and oxygen atoms in total. The van der Waals surface area contributed by atoms with Crippen LogP contribution in [0.1, 0.15) is 46.5 Å². The molecule has 2 aliphatic rings. The van der Waals surface area contributed by atoms with Gasteiger partial charge in [-0.15, -0.1) is 0 Å². The number of hydrogen-bond donors (Lipinski definition) is 0. The molecule has 1 spiro atoms. The number of hydrogen-bond acceptors (Lipinski definition) is 3. The molecular formula is C14H23NO3. The summed E-state index contributed by atoms with van der Waals surface area (Å²) in [5, 5.41) is 0. The van der Waals surface area contributed by atoms with Crippen LogP contribution >= 0.6 is 0 Å². The standard InChI is InChI=1S/C14H23NO3/c1-13(2,3)18-12(17)15-7-5-14(6-8-15)10-11(14)4-9-16/h9,11H,4-8,10H2,1-3H3/t11-/m0/s1. The molecule has 4 heteroatoms. The topological polar surface area (TPSA) is 46.6 Å². The molecule has 0 aromatic rings. The van der Waals surface area contributed by atoms with E-state index in [2.05, 4.69) is 0 Å². The summed E-state index contributed by atoms with van der Waals surface area (Å²) in [7, 11) is 0. The summed E-state index contributed by atoms with van der Waals surface area (Å²) in [5.41, 5.74) is -0.0642. The van der Waals surface area contributed by atoms with Crippen molar-refractivity contribution in [3.05, 3.63) is 0 Å². The summed E-state index contributed by atoms with van der Waals surface area (Å²) in [6.45, 7) is 7.20. The average Bonchev–Trinajstić information content (AvgIpc) is 2.90. The fourth-order valence-electron chi connectivity index (χ4n) is 2.95. The van der Waals surface area contributed by atoms with Gasteiger partial charge in [-0.2, -0.15) is 0 Å². The van der Waals surface area contributed by atoms with Gasteiger partial charge in [0.2, 0.25) is 0 Å². The van der Waals surface area contributed by atoms with E-state index in [9.17, 15) is 9.59 Å². The Balaban J connectivity index is 1.81. The SMILES string of the molecule is CC(C)(C)OC(=O)N1CCC2(CC1)C[C@@H]2CC=O. The predicted octanol–water partition coefficient (Wildman–Crippen LogP) is 2.61. The Kier molecular flexibility index (Phi) is 3.39. The Hall–Kier alpha value is -1.06. The van der Waals surface area contributed by atoms with E-state index >= 15 is 0 Å². The van der Waals surface area contributed by atoms with Crippen LogP contribution < -0.4 is 0 Å². The second kappa shape index (κ2) is 4.56. The zero-order valence-electron chi connectivity index (χ0n) is 11.6. The molecular weight excluding hydrogens is 230 g/mol. The van der Waals surface area contributed by atoms with E-state index in [1.807, 2.05) is 20.8 Å². The molecule has 1 heterocycles. The van der Waals surface area contributed by atoms with Crippen molar-refractivity contribution in [3.63, 3.8) is 0 Å². The number of ether oxygens (including phenoxy) is 1. The molecule has 2 fully saturated rings. The molecule has 2 rings (SSSR count). The van der Waals surface area contributed by atoms with E-state index in [-0.39, 0.29) is 6.09 Å². The molecule has 0 aromatic carbocycles. The van der Waals surface area contributed by atoms with Crippen LogP contribution in [0.15, 0.2) is 0 Å². The number of carbonyl (C=O) groups excluding carboxylic acids is 2. The number of nitrogens with zero attached hydrogens (tertiary/aromatic N) is 1. The molecule has 0 bridgehead atoms. The second-order valence-corrected chi connectivity index (χ2v) is 6.63. The van der Waals surface area contributed by atoms with Gasteiger partial charge in [0.1, 0.15) is 11.9 Å². The van der Waals surface area contributed by atoms with Crippen molar-refractivity contribution in [3.8, 4) is 0 Å². The molecule has 1 atom stereocenters. The smallest absolute Gasteiger partial charge is 0.410 e. The molecule has 1 amide bonds. The maximum atomic E-state index is 11.9. The van der Waals surface area contributed by atoms with Gasteiger partial charge in [-0.25, -0.2) is 4.79 Å². The highest BCUT2D eigenvalue weighted by Gasteiger charge is 2.54. The lowest BCUT2D eigenvalue weighted by molar-refractivity contribution is -0.108. The third kappa shape index (κ3) is 2.85. The van der Waals surface area contributed by atoms with Crippen molar-refractivity contribution in [1.82, 2.24) is 4.90 Å². The Morgan fingerprint density at radius 1 is 1.39 bits per heavy atom. The Morgan fingerprint density at radius 2 is 2.00 bits per heavy atom. The summed E-state index contributed by atoms with van der Waals surface area (Å²) in [6.07, 6.45) is 4.71. The van der Waals surface area contributed by atoms with E-state index in [0.717, 1.165) is 38.6 Å². The van der Waals surface area contributed by atoms with E-state index < -0.39 is 5.60 Å². The molecule has 0 N–H and O–H groups in total. The van der Waals surface area contributed by atoms with Crippen LogP contribution in [-0.2, 0) is 9.53 Å². The number of carbonyl (C=O) groups is 2. The lowest BCUT2D eigenvalue weighted by Gasteiger charge is -2.34. The first-order valence-electron chi connectivity index (χ1n) is 6.78. The van der Waals surface area contributed by atoms with Gasteiger partial charge in [0.15, 0.2) is 0 Å². The van der Waals surface area contributed by atoms with Gasteiger partial charge in [0.05, 0.1) is 0 Å². The van der Waals surface area contributed by atoms with Crippen LogP contribution in [0.3, 0.4) is 0 Å². The van der Waals surface area contributed by atoms with Crippen molar-refractivity contribution in [2.24, 2.45) is 11.3 Å². The fraction of sp³-hybridized carbons (Fsp3) is 0.857. The first-order chi connectivity index (χ1) is 8.36. The number of rotatable bonds is 2. The third-order valence-corrected chi connectivity index (χ3v) is 4.15. The largest absolute Gasteiger partial charge is 0.444 e. The highest BCUT2D eigenvalue weighted by Crippen LogP contribution is 2.60. The van der Waals surface area contributed by atoms with E-state index in [1.54, 1.807) is 4.90 Å². The Labute approximate surface area is 109 Å². The van der Waals surface area contributed by atoms with Gasteiger partial charge in [0.25, 0.3) is 0 Å². The van der Waals surface area contributed by atoms with Gasteiger partial charge < -0.3 is 14.4 Å². The summed E-state index contributed by atoms with van der Waals surface area (Å²) >= 11 is 0. The Bertz CT molecular complexity index is 337. The molecule has 1 aliphatic carbocycles. The van der Waals surface area contributed by atoms with Gasteiger partial charge in [-0.3, -0.25) is 0 Å². The zero-order chi connectivity index (χ0) is 13.4. The summed E-state index contributed by atoms with van der Waals surface area (Å²) in [4.78, 5) is 24.2. The minimum Gasteiger partial charge on any atom is -0.444 e.